The molecule has 0 atom stereocenters. The Morgan fingerprint density at radius 2 is 2.27 bits per heavy atom. The molecule has 0 radical (unpaired) electrons. The van der Waals surface area contributed by atoms with E-state index in [0.717, 1.165) is 25.4 Å². The van der Waals surface area contributed by atoms with Gasteiger partial charge in [-0.05, 0) is 32.2 Å². The summed E-state index contributed by atoms with van der Waals surface area (Å²) in [5, 5.41) is 0. The van der Waals surface area contributed by atoms with Gasteiger partial charge in [-0.2, -0.15) is 0 Å². The van der Waals surface area contributed by atoms with Crippen molar-refractivity contribution in [1.29, 1.82) is 0 Å². The summed E-state index contributed by atoms with van der Waals surface area (Å²) in [6.45, 7) is 5.19. The van der Waals surface area contributed by atoms with Crippen LogP contribution in [0.5, 0.6) is 0 Å². The number of hydrogen-bond acceptors (Lipinski definition) is 2. The summed E-state index contributed by atoms with van der Waals surface area (Å²) >= 11 is 0. The molecule has 1 fully saturated rings. The zero-order chi connectivity index (χ0) is 10.8. The number of aromatic nitrogens is 2. The smallest absolute Gasteiger partial charge is 0.111 e. The summed E-state index contributed by atoms with van der Waals surface area (Å²) in [4.78, 5) is 4.72. The molecule has 2 rings (SSSR count). The predicted octanol–water partition coefficient (Wildman–Crippen LogP) is 2.23. The van der Waals surface area contributed by atoms with Gasteiger partial charge < -0.3 is 10.3 Å². The van der Waals surface area contributed by atoms with Crippen LogP contribution in [0.2, 0.25) is 0 Å². The van der Waals surface area contributed by atoms with Crippen molar-refractivity contribution in [2.45, 2.75) is 51.5 Å². The fraction of sp³-hybridized carbons (Fsp3) is 0.750. The molecular formula is C12H21N3. The number of hydrogen-bond donors (Lipinski definition) is 1. The first-order valence-electron chi connectivity index (χ1n) is 6.00. The third kappa shape index (κ3) is 2.40. The molecule has 84 valence electrons. The lowest BCUT2D eigenvalue weighted by molar-refractivity contribution is 0.639. The van der Waals surface area contributed by atoms with Gasteiger partial charge in [0.2, 0.25) is 0 Å². The van der Waals surface area contributed by atoms with Gasteiger partial charge >= 0.3 is 0 Å². The van der Waals surface area contributed by atoms with Crippen LogP contribution >= 0.6 is 0 Å². The second kappa shape index (κ2) is 4.35. The lowest BCUT2D eigenvalue weighted by Crippen LogP contribution is -2.02. The molecular weight excluding hydrogens is 186 g/mol. The van der Waals surface area contributed by atoms with Gasteiger partial charge in [0.15, 0.2) is 0 Å². The van der Waals surface area contributed by atoms with Crippen molar-refractivity contribution < 1.29 is 0 Å². The molecule has 1 aliphatic carbocycles. The van der Waals surface area contributed by atoms with E-state index in [1.54, 1.807) is 0 Å². The molecule has 0 bridgehead atoms. The molecule has 3 heteroatoms. The quantitative estimate of drug-likeness (QED) is 0.804. The third-order valence-electron chi connectivity index (χ3n) is 2.90. The molecule has 1 aliphatic rings. The number of aryl methyl sites for hydroxylation is 1. The molecule has 1 aromatic rings. The van der Waals surface area contributed by atoms with Gasteiger partial charge in [0.05, 0.1) is 5.69 Å². The molecule has 1 aromatic heterocycles. The Labute approximate surface area is 91.7 Å². The van der Waals surface area contributed by atoms with Crippen LogP contribution in [0, 0.1) is 0 Å². The highest BCUT2D eigenvalue weighted by Crippen LogP contribution is 2.37. The fourth-order valence-electron chi connectivity index (χ4n) is 1.94. The Balaban J connectivity index is 2.15. The van der Waals surface area contributed by atoms with Gasteiger partial charge in [0.25, 0.3) is 0 Å². The van der Waals surface area contributed by atoms with E-state index in [4.69, 9.17) is 10.7 Å². The fourth-order valence-corrected chi connectivity index (χ4v) is 1.94. The van der Waals surface area contributed by atoms with Crippen molar-refractivity contribution in [3.63, 3.8) is 0 Å². The second-order valence-electron chi connectivity index (χ2n) is 4.78. The Kier molecular flexibility index (Phi) is 3.10. The van der Waals surface area contributed by atoms with Crippen LogP contribution in [0.1, 0.15) is 56.6 Å². The Morgan fingerprint density at radius 3 is 2.80 bits per heavy atom. The van der Waals surface area contributed by atoms with Crippen molar-refractivity contribution >= 4 is 0 Å². The molecule has 0 aliphatic heterocycles. The topological polar surface area (TPSA) is 43.8 Å². The molecule has 2 N–H and O–H groups in total. The number of nitrogens with zero attached hydrogens (tertiary/aromatic N) is 2. The molecule has 1 saturated carbocycles. The molecule has 0 aromatic carbocycles. The maximum atomic E-state index is 5.52. The minimum Gasteiger partial charge on any atom is -0.331 e. The van der Waals surface area contributed by atoms with E-state index < -0.39 is 0 Å². The van der Waals surface area contributed by atoms with Gasteiger partial charge in [0.1, 0.15) is 5.82 Å². The highest BCUT2D eigenvalue weighted by molar-refractivity contribution is 5.11. The average Bonchev–Trinajstić information content (AvgIpc) is 2.95. The van der Waals surface area contributed by atoms with E-state index in [2.05, 4.69) is 24.6 Å². The van der Waals surface area contributed by atoms with Crippen LogP contribution in [0.25, 0.3) is 0 Å². The van der Waals surface area contributed by atoms with Gasteiger partial charge in [-0.1, -0.05) is 13.8 Å². The van der Waals surface area contributed by atoms with Crippen LogP contribution in [0.15, 0.2) is 6.20 Å². The molecule has 0 saturated heterocycles. The SMILES string of the molecule is CC(C)c1nc(CCCN)cn1C1CC1. The molecule has 0 spiro atoms. The van der Waals surface area contributed by atoms with Crippen LogP contribution in [-0.2, 0) is 6.42 Å². The highest BCUT2D eigenvalue weighted by atomic mass is 15.1. The van der Waals surface area contributed by atoms with Gasteiger partial charge in [-0.3, -0.25) is 0 Å². The summed E-state index contributed by atoms with van der Waals surface area (Å²) in [7, 11) is 0. The summed E-state index contributed by atoms with van der Waals surface area (Å²) < 4.78 is 2.39. The van der Waals surface area contributed by atoms with Crippen molar-refractivity contribution in [2.75, 3.05) is 6.54 Å². The number of nitrogens with two attached hydrogens (primary N) is 1. The lowest BCUT2D eigenvalue weighted by atomic mass is 10.2. The Bertz CT molecular complexity index is 304. The molecule has 0 unspecified atom stereocenters. The monoisotopic (exact) mass is 207 g/mol. The van der Waals surface area contributed by atoms with Crippen molar-refractivity contribution in [1.82, 2.24) is 9.55 Å². The first-order valence-corrected chi connectivity index (χ1v) is 6.00. The summed E-state index contributed by atoms with van der Waals surface area (Å²) in [6, 6.07) is 0.738. The van der Waals surface area contributed by atoms with Crippen LogP contribution in [0.3, 0.4) is 0 Å². The first kappa shape index (κ1) is 10.7. The summed E-state index contributed by atoms with van der Waals surface area (Å²) in [6.07, 6.45) is 6.95. The Morgan fingerprint density at radius 1 is 1.53 bits per heavy atom. The molecule has 3 nitrogen and oxygen atoms in total. The van der Waals surface area contributed by atoms with E-state index in [1.807, 2.05) is 0 Å². The van der Waals surface area contributed by atoms with Crippen LogP contribution in [-0.4, -0.2) is 16.1 Å². The zero-order valence-corrected chi connectivity index (χ0v) is 9.74. The maximum Gasteiger partial charge on any atom is 0.111 e. The maximum absolute atomic E-state index is 5.52. The number of imidazole rings is 1. The zero-order valence-electron chi connectivity index (χ0n) is 9.74. The van der Waals surface area contributed by atoms with Crippen molar-refractivity contribution in [3.05, 3.63) is 17.7 Å². The van der Waals surface area contributed by atoms with E-state index in [9.17, 15) is 0 Å². The van der Waals surface area contributed by atoms with E-state index >= 15 is 0 Å². The normalized spacial score (nSPS) is 16.3. The van der Waals surface area contributed by atoms with Crippen LogP contribution < -0.4 is 5.73 Å². The summed E-state index contributed by atoms with van der Waals surface area (Å²) in [5.74, 6) is 1.78. The molecule has 15 heavy (non-hydrogen) atoms. The predicted molar refractivity (Wildman–Crippen MR) is 62.0 cm³/mol. The summed E-state index contributed by atoms with van der Waals surface area (Å²) in [5.41, 5.74) is 6.74. The largest absolute Gasteiger partial charge is 0.331 e. The third-order valence-corrected chi connectivity index (χ3v) is 2.90. The highest BCUT2D eigenvalue weighted by Gasteiger charge is 2.27. The van der Waals surface area contributed by atoms with E-state index in [0.29, 0.717) is 5.92 Å². The van der Waals surface area contributed by atoms with Gasteiger partial charge in [-0.15, -0.1) is 0 Å². The molecule has 0 amide bonds. The standard InChI is InChI=1S/C12H21N3/c1-9(2)12-14-10(4-3-7-13)8-15(12)11-5-6-11/h8-9,11H,3-7,13H2,1-2H3. The van der Waals surface area contributed by atoms with E-state index in [-0.39, 0.29) is 0 Å². The van der Waals surface area contributed by atoms with Crippen molar-refractivity contribution in [2.24, 2.45) is 5.73 Å². The first-order chi connectivity index (χ1) is 7.22. The average molecular weight is 207 g/mol. The van der Waals surface area contributed by atoms with E-state index in [1.165, 1.54) is 24.4 Å². The Hall–Kier alpha value is -0.830. The lowest BCUT2D eigenvalue weighted by Gasteiger charge is -2.07. The number of rotatable bonds is 5. The van der Waals surface area contributed by atoms with Crippen molar-refractivity contribution in [3.8, 4) is 0 Å². The van der Waals surface area contributed by atoms with Gasteiger partial charge in [-0.25, -0.2) is 4.98 Å². The molecule has 1 heterocycles. The van der Waals surface area contributed by atoms with Crippen LogP contribution in [0.4, 0.5) is 0 Å². The minimum atomic E-state index is 0.525. The minimum absolute atomic E-state index is 0.525. The van der Waals surface area contributed by atoms with Gasteiger partial charge in [0, 0.05) is 18.2 Å². The second-order valence-corrected chi connectivity index (χ2v) is 4.78.